The first kappa shape index (κ1) is 12.9. The standard InChI is InChI=1S/C12H13N3OS2/c1-8-11(18-12(13)14-8)17-7-10(16)15-9-5-3-2-4-6-9/h2-6H,7H2,1H3,(H2,13,14)(H,15,16). The number of amides is 1. The second-order valence-corrected chi connectivity index (χ2v) is 5.90. The highest BCUT2D eigenvalue weighted by atomic mass is 32.2. The van der Waals surface area contributed by atoms with Crippen LogP contribution < -0.4 is 11.1 Å². The topological polar surface area (TPSA) is 68.0 Å². The number of nitrogens with two attached hydrogens (primary N) is 1. The molecule has 2 rings (SSSR count). The van der Waals surface area contributed by atoms with Gasteiger partial charge in [0, 0.05) is 5.69 Å². The van der Waals surface area contributed by atoms with Crippen molar-refractivity contribution in [2.45, 2.75) is 11.1 Å². The zero-order valence-corrected chi connectivity index (χ0v) is 11.5. The van der Waals surface area contributed by atoms with E-state index in [0.29, 0.717) is 10.9 Å². The van der Waals surface area contributed by atoms with Crippen molar-refractivity contribution in [3.63, 3.8) is 0 Å². The molecule has 0 aliphatic rings. The molecule has 0 bridgehead atoms. The Balaban J connectivity index is 1.87. The summed E-state index contributed by atoms with van der Waals surface area (Å²) in [7, 11) is 0. The number of hydrogen-bond acceptors (Lipinski definition) is 5. The number of thioether (sulfide) groups is 1. The van der Waals surface area contributed by atoms with Crippen LogP contribution >= 0.6 is 23.1 Å². The fraction of sp³-hybridized carbons (Fsp3) is 0.167. The summed E-state index contributed by atoms with van der Waals surface area (Å²) in [5, 5.41) is 3.37. The van der Waals surface area contributed by atoms with Crippen LogP contribution in [-0.2, 0) is 4.79 Å². The van der Waals surface area contributed by atoms with Crippen molar-refractivity contribution in [2.75, 3.05) is 16.8 Å². The van der Waals surface area contributed by atoms with Crippen molar-refractivity contribution in [3.8, 4) is 0 Å². The third-order valence-corrected chi connectivity index (χ3v) is 4.51. The van der Waals surface area contributed by atoms with Crippen molar-refractivity contribution >= 4 is 39.8 Å². The molecule has 0 unspecified atom stereocenters. The predicted octanol–water partition coefficient (Wildman–Crippen LogP) is 2.76. The lowest BCUT2D eigenvalue weighted by molar-refractivity contribution is -0.113. The first-order valence-corrected chi connectivity index (χ1v) is 7.16. The van der Waals surface area contributed by atoms with Gasteiger partial charge in [-0.3, -0.25) is 4.79 Å². The average Bonchev–Trinajstić information content (AvgIpc) is 2.66. The molecule has 0 spiro atoms. The summed E-state index contributed by atoms with van der Waals surface area (Å²) in [6.45, 7) is 1.89. The number of para-hydroxylation sites is 1. The molecule has 2 aromatic rings. The first-order chi connectivity index (χ1) is 8.65. The van der Waals surface area contributed by atoms with Crippen LogP contribution in [0.2, 0.25) is 0 Å². The third-order valence-electron chi connectivity index (χ3n) is 2.16. The van der Waals surface area contributed by atoms with Gasteiger partial charge in [0.25, 0.3) is 0 Å². The van der Waals surface area contributed by atoms with Gasteiger partial charge in [-0.1, -0.05) is 29.5 Å². The predicted molar refractivity (Wildman–Crippen MR) is 77.1 cm³/mol. The zero-order valence-electron chi connectivity index (χ0n) is 9.84. The second-order valence-electron chi connectivity index (χ2n) is 3.63. The van der Waals surface area contributed by atoms with Crippen LogP contribution in [0.15, 0.2) is 34.5 Å². The number of aromatic nitrogens is 1. The number of anilines is 2. The van der Waals surface area contributed by atoms with E-state index in [1.54, 1.807) is 0 Å². The molecule has 1 heterocycles. The molecule has 4 nitrogen and oxygen atoms in total. The van der Waals surface area contributed by atoms with Crippen LogP contribution in [-0.4, -0.2) is 16.6 Å². The lowest BCUT2D eigenvalue weighted by Crippen LogP contribution is -2.13. The van der Waals surface area contributed by atoms with Gasteiger partial charge in [-0.05, 0) is 19.1 Å². The van der Waals surface area contributed by atoms with Gasteiger partial charge in [0.1, 0.15) is 0 Å². The van der Waals surface area contributed by atoms with Crippen LogP contribution in [0.3, 0.4) is 0 Å². The number of thiazole rings is 1. The third kappa shape index (κ3) is 3.48. The minimum atomic E-state index is -0.0300. The molecule has 0 aliphatic carbocycles. The van der Waals surface area contributed by atoms with Gasteiger partial charge in [-0.2, -0.15) is 0 Å². The van der Waals surface area contributed by atoms with Gasteiger partial charge in [0.2, 0.25) is 5.91 Å². The van der Waals surface area contributed by atoms with E-state index in [2.05, 4.69) is 10.3 Å². The molecule has 0 atom stereocenters. The van der Waals surface area contributed by atoms with Crippen LogP contribution in [0, 0.1) is 6.92 Å². The van der Waals surface area contributed by atoms with Gasteiger partial charge >= 0.3 is 0 Å². The molecule has 18 heavy (non-hydrogen) atoms. The van der Waals surface area contributed by atoms with Gasteiger partial charge in [0.15, 0.2) is 5.13 Å². The largest absolute Gasteiger partial charge is 0.375 e. The number of benzene rings is 1. The lowest BCUT2D eigenvalue weighted by atomic mass is 10.3. The molecule has 3 N–H and O–H groups in total. The molecular weight excluding hydrogens is 266 g/mol. The molecule has 94 valence electrons. The fourth-order valence-corrected chi connectivity index (χ4v) is 3.21. The molecular formula is C12H13N3OS2. The van der Waals surface area contributed by atoms with E-state index in [1.165, 1.54) is 23.1 Å². The van der Waals surface area contributed by atoms with E-state index in [4.69, 9.17) is 5.73 Å². The second kappa shape index (κ2) is 5.88. The number of nitrogens with one attached hydrogen (secondary N) is 1. The highest BCUT2D eigenvalue weighted by molar-refractivity contribution is 8.01. The smallest absolute Gasteiger partial charge is 0.234 e. The van der Waals surface area contributed by atoms with E-state index in [9.17, 15) is 4.79 Å². The monoisotopic (exact) mass is 279 g/mol. The summed E-state index contributed by atoms with van der Waals surface area (Å²) in [5.74, 6) is 0.328. The summed E-state index contributed by atoms with van der Waals surface area (Å²) < 4.78 is 0.996. The summed E-state index contributed by atoms with van der Waals surface area (Å²) in [5.41, 5.74) is 7.30. The Hall–Kier alpha value is -1.53. The fourth-order valence-electron chi connectivity index (χ4n) is 1.39. The minimum absolute atomic E-state index is 0.0300. The Bertz CT molecular complexity index is 540. The van der Waals surface area contributed by atoms with Gasteiger partial charge in [-0.25, -0.2) is 4.98 Å². The zero-order chi connectivity index (χ0) is 13.0. The van der Waals surface area contributed by atoms with Crippen molar-refractivity contribution in [2.24, 2.45) is 0 Å². The summed E-state index contributed by atoms with van der Waals surface area (Å²) in [4.78, 5) is 15.8. The van der Waals surface area contributed by atoms with Crippen LogP contribution in [0.25, 0.3) is 0 Å². The molecule has 0 fully saturated rings. The quantitative estimate of drug-likeness (QED) is 0.844. The average molecular weight is 279 g/mol. The maximum atomic E-state index is 11.7. The molecule has 1 aromatic carbocycles. The summed E-state index contributed by atoms with van der Waals surface area (Å²) in [6, 6.07) is 9.40. The van der Waals surface area contributed by atoms with Gasteiger partial charge in [0.05, 0.1) is 15.7 Å². The minimum Gasteiger partial charge on any atom is -0.375 e. The normalized spacial score (nSPS) is 10.3. The van der Waals surface area contributed by atoms with Crippen molar-refractivity contribution < 1.29 is 4.79 Å². The van der Waals surface area contributed by atoms with Gasteiger partial charge < -0.3 is 11.1 Å². The molecule has 6 heteroatoms. The molecule has 0 saturated heterocycles. The SMILES string of the molecule is Cc1nc(N)sc1SCC(=O)Nc1ccccc1. The molecule has 0 saturated carbocycles. The highest BCUT2D eigenvalue weighted by Gasteiger charge is 2.09. The van der Waals surface area contributed by atoms with Crippen molar-refractivity contribution in [3.05, 3.63) is 36.0 Å². The van der Waals surface area contributed by atoms with Crippen LogP contribution in [0.1, 0.15) is 5.69 Å². The van der Waals surface area contributed by atoms with Crippen molar-refractivity contribution in [1.82, 2.24) is 4.98 Å². The Morgan fingerprint density at radius 2 is 2.17 bits per heavy atom. The lowest BCUT2D eigenvalue weighted by Gasteiger charge is -2.03. The molecule has 0 radical (unpaired) electrons. The molecule has 1 aromatic heterocycles. The number of hydrogen-bond donors (Lipinski definition) is 2. The number of nitrogens with zero attached hydrogens (tertiary/aromatic N) is 1. The van der Waals surface area contributed by atoms with E-state index in [0.717, 1.165) is 15.6 Å². The number of aryl methyl sites for hydroxylation is 1. The molecule has 0 aliphatic heterocycles. The van der Waals surface area contributed by atoms with E-state index in [-0.39, 0.29) is 5.91 Å². The van der Waals surface area contributed by atoms with E-state index >= 15 is 0 Å². The van der Waals surface area contributed by atoms with Crippen LogP contribution in [0.5, 0.6) is 0 Å². The number of rotatable bonds is 4. The number of carbonyl (C=O) groups is 1. The Morgan fingerprint density at radius 1 is 1.44 bits per heavy atom. The van der Waals surface area contributed by atoms with E-state index in [1.807, 2.05) is 37.3 Å². The summed E-state index contributed by atoms with van der Waals surface area (Å²) in [6.07, 6.45) is 0. The number of nitrogen functional groups attached to an aromatic ring is 1. The van der Waals surface area contributed by atoms with E-state index < -0.39 is 0 Å². The van der Waals surface area contributed by atoms with Crippen molar-refractivity contribution in [1.29, 1.82) is 0 Å². The first-order valence-electron chi connectivity index (χ1n) is 5.36. The Labute approximate surface area is 114 Å². The number of carbonyl (C=O) groups excluding carboxylic acids is 1. The molecule has 1 amide bonds. The maximum Gasteiger partial charge on any atom is 0.234 e. The van der Waals surface area contributed by atoms with Gasteiger partial charge in [-0.15, -0.1) is 11.8 Å². The highest BCUT2D eigenvalue weighted by Crippen LogP contribution is 2.30. The maximum absolute atomic E-state index is 11.7. The summed E-state index contributed by atoms with van der Waals surface area (Å²) >= 11 is 2.87. The Morgan fingerprint density at radius 3 is 2.78 bits per heavy atom. The van der Waals surface area contributed by atoms with Crippen LogP contribution in [0.4, 0.5) is 10.8 Å². The Kier molecular flexibility index (Phi) is 4.22.